The maximum Gasteiger partial charge on any atom is 0.0575 e. The second kappa shape index (κ2) is 7.21. The van der Waals surface area contributed by atoms with E-state index < -0.39 is 0 Å². The van der Waals surface area contributed by atoms with Gasteiger partial charge in [-0.3, -0.25) is 0 Å². The van der Waals surface area contributed by atoms with Crippen molar-refractivity contribution in [3.05, 3.63) is 0 Å². The van der Waals surface area contributed by atoms with Crippen LogP contribution in [-0.2, 0) is 9.47 Å². The lowest BCUT2D eigenvalue weighted by atomic mass is 9.88. The SMILES string of the molecule is COCCCOC1CCC(CO)CC1. The number of aliphatic hydroxyl groups excluding tert-OH is 1. The van der Waals surface area contributed by atoms with Crippen LogP contribution in [0.5, 0.6) is 0 Å². The highest BCUT2D eigenvalue weighted by Crippen LogP contribution is 2.25. The summed E-state index contributed by atoms with van der Waals surface area (Å²) in [6.45, 7) is 1.94. The quantitative estimate of drug-likeness (QED) is 0.665. The number of methoxy groups -OCH3 is 1. The summed E-state index contributed by atoms with van der Waals surface area (Å²) in [7, 11) is 1.71. The zero-order valence-corrected chi connectivity index (χ0v) is 9.08. The van der Waals surface area contributed by atoms with E-state index in [4.69, 9.17) is 14.6 Å². The number of hydrogen-bond donors (Lipinski definition) is 1. The average molecular weight is 202 g/mol. The summed E-state index contributed by atoms with van der Waals surface area (Å²) < 4.78 is 10.7. The van der Waals surface area contributed by atoms with Gasteiger partial charge in [0.2, 0.25) is 0 Å². The van der Waals surface area contributed by atoms with E-state index in [-0.39, 0.29) is 0 Å². The lowest BCUT2D eigenvalue weighted by Crippen LogP contribution is -2.23. The Hall–Kier alpha value is -0.120. The molecule has 1 aliphatic carbocycles. The Morgan fingerprint density at radius 2 is 1.86 bits per heavy atom. The average Bonchev–Trinajstić information content (AvgIpc) is 2.25. The smallest absolute Gasteiger partial charge is 0.0575 e. The highest BCUT2D eigenvalue weighted by Gasteiger charge is 2.20. The van der Waals surface area contributed by atoms with Gasteiger partial charge in [0, 0.05) is 26.9 Å². The van der Waals surface area contributed by atoms with Crippen molar-refractivity contribution in [3.63, 3.8) is 0 Å². The van der Waals surface area contributed by atoms with Crippen molar-refractivity contribution in [1.82, 2.24) is 0 Å². The molecule has 0 spiro atoms. The fourth-order valence-electron chi connectivity index (χ4n) is 1.93. The molecule has 0 amide bonds. The van der Waals surface area contributed by atoms with Crippen molar-refractivity contribution >= 4 is 0 Å². The molecule has 0 unspecified atom stereocenters. The third-order valence-corrected chi connectivity index (χ3v) is 2.90. The molecule has 1 rings (SSSR count). The summed E-state index contributed by atoms with van der Waals surface area (Å²) in [6, 6.07) is 0. The van der Waals surface area contributed by atoms with E-state index in [1.807, 2.05) is 0 Å². The molecule has 3 heteroatoms. The van der Waals surface area contributed by atoms with E-state index in [1.165, 1.54) is 0 Å². The minimum absolute atomic E-state index is 0.344. The summed E-state index contributed by atoms with van der Waals surface area (Å²) in [4.78, 5) is 0. The first-order valence-corrected chi connectivity index (χ1v) is 5.58. The molecule has 0 radical (unpaired) electrons. The van der Waals surface area contributed by atoms with E-state index in [9.17, 15) is 0 Å². The van der Waals surface area contributed by atoms with Crippen LogP contribution in [-0.4, -0.2) is 38.1 Å². The van der Waals surface area contributed by atoms with Gasteiger partial charge in [0.05, 0.1) is 6.10 Å². The molecule has 0 saturated heterocycles. The molecule has 1 saturated carbocycles. The van der Waals surface area contributed by atoms with Crippen molar-refractivity contribution in [1.29, 1.82) is 0 Å². The Labute approximate surface area is 86.4 Å². The zero-order chi connectivity index (χ0) is 10.2. The molecular formula is C11H22O3. The maximum absolute atomic E-state index is 8.97. The minimum atomic E-state index is 0.344. The second-order valence-corrected chi connectivity index (χ2v) is 4.04. The number of hydrogen-bond acceptors (Lipinski definition) is 3. The summed E-state index contributed by atoms with van der Waals surface area (Å²) in [5.74, 6) is 0.522. The first-order chi connectivity index (χ1) is 6.86. The van der Waals surface area contributed by atoms with Crippen LogP contribution in [0.1, 0.15) is 32.1 Å². The lowest BCUT2D eigenvalue weighted by molar-refractivity contribution is 0.00355. The van der Waals surface area contributed by atoms with Crippen LogP contribution in [0.4, 0.5) is 0 Å². The Balaban J connectivity index is 1.98. The molecule has 0 aromatic carbocycles. The minimum Gasteiger partial charge on any atom is -0.396 e. The van der Waals surface area contributed by atoms with Gasteiger partial charge in [-0.05, 0) is 38.0 Å². The molecule has 0 aliphatic heterocycles. The van der Waals surface area contributed by atoms with Crippen molar-refractivity contribution in [2.75, 3.05) is 26.9 Å². The predicted octanol–water partition coefficient (Wildman–Crippen LogP) is 1.59. The third-order valence-electron chi connectivity index (χ3n) is 2.90. The van der Waals surface area contributed by atoms with Crippen molar-refractivity contribution in [2.45, 2.75) is 38.2 Å². The molecule has 0 aromatic rings. The van der Waals surface area contributed by atoms with Gasteiger partial charge >= 0.3 is 0 Å². The van der Waals surface area contributed by atoms with Crippen LogP contribution in [0.25, 0.3) is 0 Å². The summed E-state index contributed by atoms with van der Waals surface area (Å²) in [5, 5.41) is 8.97. The van der Waals surface area contributed by atoms with Crippen LogP contribution >= 0.6 is 0 Å². The molecule has 0 aromatic heterocycles. The van der Waals surface area contributed by atoms with Gasteiger partial charge < -0.3 is 14.6 Å². The summed E-state index contributed by atoms with van der Waals surface area (Å²) in [6.07, 6.45) is 5.86. The van der Waals surface area contributed by atoms with Gasteiger partial charge in [0.1, 0.15) is 0 Å². The van der Waals surface area contributed by atoms with E-state index in [0.717, 1.165) is 45.3 Å². The first kappa shape index (κ1) is 12.0. The monoisotopic (exact) mass is 202 g/mol. The molecule has 1 fully saturated rings. The molecule has 3 nitrogen and oxygen atoms in total. The largest absolute Gasteiger partial charge is 0.396 e. The van der Waals surface area contributed by atoms with Crippen LogP contribution < -0.4 is 0 Å². The van der Waals surface area contributed by atoms with Gasteiger partial charge in [-0.1, -0.05) is 0 Å². The second-order valence-electron chi connectivity index (χ2n) is 4.04. The zero-order valence-electron chi connectivity index (χ0n) is 9.08. The van der Waals surface area contributed by atoms with E-state index in [0.29, 0.717) is 18.6 Å². The molecular weight excluding hydrogens is 180 g/mol. The molecule has 14 heavy (non-hydrogen) atoms. The van der Waals surface area contributed by atoms with Crippen LogP contribution in [0.3, 0.4) is 0 Å². The molecule has 1 N–H and O–H groups in total. The standard InChI is InChI=1S/C11H22O3/c1-13-7-2-8-14-11-5-3-10(9-12)4-6-11/h10-12H,2-9H2,1H3. The molecule has 84 valence electrons. The summed E-state index contributed by atoms with van der Waals surface area (Å²) in [5.41, 5.74) is 0. The van der Waals surface area contributed by atoms with Gasteiger partial charge in [-0.25, -0.2) is 0 Å². The van der Waals surface area contributed by atoms with Gasteiger partial charge in [0.15, 0.2) is 0 Å². The van der Waals surface area contributed by atoms with E-state index in [1.54, 1.807) is 7.11 Å². The number of rotatable bonds is 6. The highest BCUT2D eigenvalue weighted by molar-refractivity contribution is 4.72. The fraction of sp³-hybridized carbons (Fsp3) is 1.00. The van der Waals surface area contributed by atoms with E-state index >= 15 is 0 Å². The lowest BCUT2D eigenvalue weighted by Gasteiger charge is -2.27. The molecule has 0 bridgehead atoms. The normalized spacial score (nSPS) is 27.9. The van der Waals surface area contributed by atoms with Crippen LogP contribution in [0, 0.1) is 5.92 Å². The molecule has 0 atom stereocenters. The van der Waals surface area contributed by atoms with Crippen molar-refractivity contribution in [2.24, 2.45) is 5.92 Å². The third kappa shape index (κ3) is 4.40. The van der Waals surface area contributed by atoms with Gasteiger partial charge in [0.25, 0.3) is 0 Å². The van der Waals surface area contributed by atoms with Gasteiger partial charge in [-0.2, -0.15) is 0 Å². The Bertz CT molecular complexity index is 130. The Morgan fingerprint density at radius 1 is 1.14 bits per heavy atom. The molecule has 0 heterocycles. The fourth-order valence-corrected chi connectivity index (χ4v) is 1.93. The van der Waals surface area contributed by atoms with Crippen LogP contribution in [0.15, 0.2) is 0 Å². The topological polar surface area (TPSA) is 38.7 Å². The number of ether oxygens (including phenoxy) is 2. The molecule has 1 aliphatic rings. The first-order valence-electron chi connectivity index (χ1n) is 5.58. The predicted molar refractivity (Wildman–Crippen MR) is 55.3 cm³/mol. The van der Waals surface area contributed by atoms with Crippen LogP contribution in [0.2, 0.25) is 0 Å². The Kier molecular flexibility index (Phi) is 6.15. The van der Waals surface area contributed by atoms with Crippen molar-refractivity contribution < 1.29 is 14.6 Å². The van der Waals surface area contributed by atoms with E-state index in [2.05, 4.69) is 0 Å². The van der Waals surface area contributed by atoms with Crippen molar-refractivity contribution in [3.8, 4) is 0 Å². The highest BCUT2D eigenvalue weighted by atomic mass is 16.5. The van der Waals surface area contributed by atoms with Gasteiger partial charge in [-0.15, -0.1) is 0 Å². The maximum atomic E-state index is 8.97. The summed E-state index contributed by atoms with van der Waals surface area (Å²) >= 11 is 0. The number of aliphatic hydroxyl groups is 1. The Morgan fingerprint density at radius 3 is 2.43 bits per heavy atom.